The molecular formula is C12H17FN2O3. The van der Waals surface area contributed by atoms with Crippen LogP contribution in [0.25, 0.3) is 0 Å². The molecule has 1 rings (SSSR count). The molecule has 0 aliphatic carbocycles. The average molecular weight is 256 g/mol. The molecule has 0 unspecified atom stereocenters. The van der Waals surface area contributed by atoms with Crippen molar-refractivity contribution in [2.24, 2.45) is 0 Å². The SMILES string of the molecule is CCOC(CNC(=O)c1cccc(F)n1)OCC. The highest BCUT2D eigenvalue weighted by molar-refractivity contribution is 5.92. The number of amides is 1. The van der Waals surface area contributed by atoms with Crippen LogP contribution >= 0.6 is 0 Å². The molecule has 0 aliphatic heterocycles. The molecule has 0 saturated heterocycles. The highest BCUT2D eigenvalue weighted by atomic mass is 19.1. The van der Waals surface area contributed by atoms with E-state index in [0.717, 1.165) is 0 Å². The van der Waals surface area contributed by atoms with Crippen molar-refractivity contribution in [3.63, 3.8) is 0 Å². The number of nitrogens with one attached hydrogen (secondary N) is 1. The molecule has 1 amide bonds. The second-order valence-corrected chi connectivity index (χ2v) is 3.40. The van der Waals surface area contributed by atoms with E-state index >= 15 is 0 Å². The summed E-state index contributed by atoms with van der Waals surface area (Å²) < 4.78 is 23.3. The lowest BCUT2D eigenvalue weighted by Gasteiger charge is -2.17. The molecule has 0 saturated carbocycles. The molecule has 100 valence electrons. The predicted molar refractivity (Wildman–Crippen MR) is 63.6 cm³/mol. The first-order valence-electron chi connectivity index (χ1n) is 5.81. The molecule has 6 heteroatoms. The van der Waals surface area contributed by atoms with E-state index in [9.17, 15) is 9.18 Å². The Kier molecular flexibility index (Phi) is 6.24. The highest BCUT2D eigenvalue weighted by Gasteiger charge is 2.12. The van der Waals surface area contributed by atoms with E-state index in [1.54, 1.807) is 0 Å². The molecule has 1 heterocycles. The van der Waals surface area contributed by atoms with Crippen LogP contribution in [0.1, 0.15) is 24.3 Å². The molecule has 0 spiro atoms. The molecule has 1 N–H and O–H groups in total. The van der Waals surface area contributed by atoms with E-state index in [1.807, 2.05) is 13.8 Å². The third-order valence-electron chi connectivity index (χ3n) is 2.08. The van der Waals surface area contributed by atoms with Crippen LogP contribution in [0.5, 0.6) is 0 Å². The predicted octanol–water partition coefficient (Wildman–Crippen LogP) is 1.35. The lowest BCUT2D eigenvalue weighted by Crippen LogP contribution is -2.35. The largest absolute Gasteiger partial charge is 0.351 e. The van der Waals surface area contributed by atoms with Gasteiger partial charge in [0.15, 0.2) is 6.29 Å². The van der Waals surface area contributed by atoms with Crippen LogP contribution in [0, 0.1) is 5.95 Å². The van der Waals surface area contributed by atoms with Crippen molar-refractivity contribution in [1.82, 2.24) is 10.3 Å². The van der Waals surface area contributed by atoms with Gasteiger partial charge in [0.25, 0.3) is 5.91 Å². The van der Waals surface area contributed by atoms with E-state index in [1.165, 1.54) is 18.2 Å². The molecule has 18 heavy (non-hydrogen) atoms. The molecule has 0 aliphatic rings. The maximum absolute atomic E-state index is 12.8. The molecular weight excluding hydrogens is 239 g/mol. The van der Waals surface area contributed by atoms with Crippen molar-refractivity contribution < 1.29 is 18.7 Å². The molecule has 0 radical (unpaired) electrons. The number of halogens is 1. The first-order valence-corrected chi connectivity index (χ1v) is 5.81. The Balaban J connectivity index is 2.49. The fraction of sp³-hybridized carbons (Fsp3) is 0.500. The molecule has 0 bridgehead atoms. The van der Waals surface area contributed by atoms with Gasteiger partial charge in [-0.2, -0.15) is 4.39 Å². The van der Waals surface area contributed by atoms with Crippen molar-refractivity contribution in [2.45, 2.75) is 20.1 Å². The molecule has 1 aromatic heterocycles. The Labute approximate surface area is 105 Å². The van der Waals surface area contributed by atoms with Crippen LogP contribution in [0.4, 0.5) is 4.39 Å². The highest BCUT2D eigenvalue weighted by Crippen LogP contribution is 1.99. The van der Waals surface area contributed by atoms with Gasteiger partial charge in [-0.1, -0.05) is 6.07 Å². The van der Waals surface area contributed by atoms with Crippen LogP contribution in [0.3, 0.4) is 0 Å². The van der Waals surface area contributed by atoms with Crippen molar-refractivity contribution in [2.75, 3.05) is 19.8 Å². The van der Waals surface area contributed by atoms with E-state index in [-0.39, 0.29) is 12.2 Å². The summed E-state index contributed by atoms with van der Waals surface area (Å²) in [6, 6.07) is 4.05. The number of pyridine rings is 1. The number of hydrogen-bond donors (Lipinski definition) is 1. The van der Waals surface area contributed by atoms with Gasteiger partial charge in [-0.3, -0.25) is 4.79 Å². The minimum absolute atomic E-state index is 0.0294. The Bertz CT molecular complexity index is 381. The van der Waals surface area contributed by atoms with E-state index in [4.69, 9.17) is 9.47 Å². The van der Waals surface area contributed by atoms with Gasteiger partial charge in [0.2, 0.25) is 5.95 Å². The van der Waals surface area contributed by atoms with Gasteiger partial charge in [0.05, 0.1) is 6.54 Å². The van der Waals surface area contributed by atoms with E-state index in [2.05, 4.69) is 10.3 Å². The zero-order chi connectivity index (χ0) is 13.4. The molecule has 5 nitrogen and oxygen atoms in total. The summed E-state index contributed by atoms with van der Waals surface area (Å²) >= 11 is 0. The molecule has 0 aromatic carbocycles. The van der Waals surface area contributed by atoms with Crippen LogP contribution < -0.4 is 5.32 Å². The van der Waals surface area contributed by atoms with Gasteiger partial charge in [0, 0.05) is 13.2 Å². The molecule has 0 fully saturated rings. The van der Waals surface area contributed by atoms with Gasteiger partial charge >= 0.3 is 0 Å². The third-order valence-corrected chi connectivity index (χ3v) is 2.08. The third kappa shape index (κ3) is 4.77. The summed E-state index contributed by atoms with van der Waals surface area (Å²) in [5.74, 6) is -1.15. The monoisotopic (exact) mass is 256 g/mol. The Morgan fingerprint density at radius 3 is 2.61 bits per heavy atom. The minimum Gasteiger partial charge on any atom is -0.351 e. The lowest BCUT2D eigenvalue weighted by molar-refractivity contribution is -0.131. The fourth-order valence-corrected chi connectivity index (χ4v) is 1.34. The smallest absolute Gasteiger partial charge is 0.270 e. The number of carbonyl (C=O) groups is 1. The Morgan fingerprint density at radius 2 is 2.06 bits per heavy atom. The van der Waals surface area contributed by atoms with Gasteiger partial charge in [-0.15, -0.1) is 0 Å². The number of aromatic nitrogens is 1. The number of hydrogen-bond acceptors (Lipinski definition) is 4. The number of rotatable bonds is 7. The fourth-order valence-electron chi connectivity index (χ4n) is 1.34. The van der Waals surface area contributed by atoms with Crippen LogP contribution in [0.15, 0.2) is 18.2 Å². The summed E-state index contributed by atoms with van der Waals surface area (Å²) in [6.45, 7) is 4.83. The van der Waals surface area contributed by atoms with Crippen molar-refractivity contribution >= 4 is 5.91 Å². The van der Waals surface area contributed by atoms with Gasteiger partial charge in [-0.25, -0.2) is 4.98 Å². The van der Waals surface area contributed by atoms with Crippen molar-refractivity contribution in [1.29, 1.82) is 0 Å². The number of nitrogens with zero attached hydrogens (tertiary/aromatic N) is 1. The summed E-state index contributed by atoms with van der Waals surface area (Å²) in [7, 11) is 0. The summed E-state index contributed by atoms with van der Waals surface area (Å²) in [6.07, 6.45) is -0.502. The summed E-state index contributed by atoms with van der Waals surface area (Å²) in [5, 5.41) is 2.58. The van der Waals surface area contributed by atoms with Crippen LogP contribution in [-0.4, -0.2) is 36.9 Å². The van der Waals surface area contributed by atoms with Crippen LogP contribution in [-0.2, 0) is 9.47 Å². The van der Waals surface area contributed by atoms with Gasteiger partial charge < -0.3 is 14.8 Å². The first kappa shape index (κ1) is 14.5. The second kappa shape index (κ2) is 7.73. The minimum atomic E-state index is -0.686. The number of ether oxygens (including phenoxy) is 2. The zero-order valence-electron chi connectivity index (χ0n) is 10.5. The normalized spacial score (nSPS) is 10.7. The van der Waals surface area contributed by atoms with Crippen molar-refractivity contribution in [3.8, 4) is 0 Å². The van der Waals surface area contributed by atoms with Crippen molar-refractivity contribution in [3.05, 3.63) is 29.8 Å². The summed E-state index contributed by atoms with van der Waals surface area (Å²) in [4.78, 5) is 15.1. The van der Waals surface area contributed by atoms with Crippen LogP contribution in [0.2, 0.25) is 0 Å². The lowest BCUT2D eigenvalue weighted by atomic mass is 10.3. The Morgan fingerprint density at radius 1 is 1.39 bits per heavy atom. The van der Waals surface area contributed by atoms with E-state index in [0.29, 0.717) is 13.2 Å². The van der Waals surface area contributed by atoms with Gasteiger partial charge in [0.1, 0.15) is 5.69 Å². The quantitative estimate of drug-likeness (QED) is 0.591. The first-order chi connectivity index (χ1) is 8.67. The van der Waals surface area contributed by atoms with Gasteiger partial charge in [-0.05, 0) is 26.0 Å². The average Bonchev–Trinajstić information content (AvgIpc) is 2.36. The molecule has 0 atom stereocenters. The summed E-state index contributed by atoms with van der Waals surface area (Å²) in [5.41, 5.74) is 0.0294. The van der Waals surface area contributed by atoms with E-state index < -0.39 is 18.1 Å². The Hall–Kier alpha value is -1.53. The zero-order valence-corrected chi connectivity index (χ0v) is 10.5. The maximum atomic E-state index is 12.8. The number of carbonyl (C=O) groups excluding carboxylic acids is 1. The standard InChI is InChI=1S/C12H17FN2O3/c1-3-17-11(18-4-2)8-14-12(16)9-6-5-7-10(13)15-9/h5-7,11H,3-4,8H2,1-2H3,(H,14,16). The maximum Gasteiger partial charge on any atom is 0.270 e. The topological polar surface area (TPSA) is 60.5 Å². The molecule has 1 aromatic rings. The second-order valence-electron chi connectivity index (χ2n) is 3.40.